The first-order valence-corrected chi connectivity index (χ1v) is 8.83. The molecule has 2 aromatic rings. The SMILES string of the molecule is COc1ccccc1N1CC(C(=O)Nc2cccc(C(C)C)c2)CC1=O. The van der Waals surface area contributed by atoms with Gasteiger partial charge < -0.3 is 15.0 Å². The monoisotopic (exact) mass is 352 g/mol. The molecule has 1 heterocycles. The maximum Gasteiger partial charge on any atom is 0.229 e. The lowest BCUT2D eigenvalue weighted by molar-refractivity contribution is -0.122. The summed E-state index contributed by atoms with van der Waals surface area (Å²) in [6.07, 6.45) is 0.202. The minimum Gasteiger partial charge on any atom is -0.495 e. The summed E-state index contributed by atoms with van der Waals surface area (Å²) in [7, 11) is 1.57. The fourth-order valence-corrected chi connectivity index (χ4v) is 3.19. The summed E-state index contributed by atoms with van der Waals surface area (Å²) >= 11 is 0. The zero-order chi connectivity index (χ0) is 18.7. The van der Waals surface area contributed by atoms with Gasteiger partial charge in [-0.15, -0.1) is 0 Å². The predicted octanol–water partition coefficient (Wildman–Crippen LogP) is 3.81. The van der Waals surface area contributed by atoms with E-state index in [4.69, 9.17) is 4.74 Å². The summed E-state index contributed by atoms with van der Waals surface area (Å²) in [6.45, 7) is 4.58. The van der Waals surface area contributed by atoms with Gasteiger partial charge in [0.1, 0.15) is 5.75 Å². The molecule has 0 aliphatic carbocycles. The molecule has 0 aromatic heterocycles. The molecule has 0 saturated carbocycles. The molecule has 5 nitrogen and oxygen atoms in total. The third-order valence-electron chi connectivity index (χ3n) is 4.69. The Kier molecular flexibility index (Phi) is 5.26. The van der Waals surface area contributed by atoms with Crippen molar-refractivity contribution in [2.75, 3.05) is 23.9 Å². The molecule has 1 atom stereocenters. The van der Waals surface area contributed by atoms with E-state index in [1.807, 2.05) is 48.5 Å². The van der Waals surface area contributed by atoms with E-state index >= 15 is 0 Å². The first kappa shape index (κ1) is 18.0. The molecule has 3 rings (SSSR count). The summed E-state index contributed by atoms with van der Waals surface area (Å²) in [5, 5.41) is 2.95. The van der Waals surface area contributed by atoms with Gasteiger partial charge in [0.2, 0.25) is 11.8 Å². The lowest BCUT2D eigenvalue weighted by atomic mass is 10.0. The van der Waals surface area contributed by atoms with Crippen LogP contribution in [0.25, 0.3) is 0 Å². The first-order chi connectivity index (χ1) is 12.5. The second kappa shape index (κ2) is 7.60. The smallest absolute Gasteiger partial charge is 0.229 e. The van der Waals surface area contributed by atoms with E-state index in [9.17, 15) is 9.59 Å². The van der Waals surface area contributed by atoms with Crippen molar-refractivity contribution >= 4 is 23.2 Å². The fraction of sp³-hybridized carbons (Fsp3) is 0.333. The molecule has 26 heavy (non-hydrogen) atoms. The van der Waals surface area contributed by atoms with E-state index in [0.717, 1.165) is 5.69 Å². The number of hydrogen-bond donors (Lipinski definition) is 1. The molecule has 1 saturated heterocycles. The number of methoxy groups -OCH3 is 1. The van der Waals surface area contributed by atoms with Crippen LogP contribution in [0, 0.1) is 5.92 Å². The van der Waals surface area contributed by atoms with Gasteiger partial charge in [0.05, 0.1) is 18.7 Å². The minimum atomic E-state index is -0.380. The van der Waals surface area contributed by atoms with Crippen molar-refractivity contribution in [3.05, 3.63) is 54.1 Å². The number of nitrogens with zero attached hydrogens (tertiary/aromatic N) is 1. The second-order valence-corrected chi connectivity index (χ2v) is 6.85. The summed E-state index contributed by atoms with van der Waals surface area (Å²) in [4.78, 5) is 26.7. The Balaban J connectivity index is 1.72. The topological polar surface area (TPSA) is 58.6 Å². The summed E-state index contributed by atoms with van der Waals surface area (Å²) in [5.41, 5.74) is 2.64. The van der Waals surface area contributed by atoms with Crippen molar-refractivity contribution in [2.24, 2.45) is 5.92 Å². The number of carbonyl (C=O) groups excluding carboxylic acids is 2. The molecule has 1 fully saturated rings. The lowest BCUT2D eigenvalue weighted by Crippen LogP contribution is -2.28. The Labute approximate surface area is 154 Å². The van der Waals surface area contributed by atoms with Gasteiger partial charge in [-0.1, -0.05) is 38.1 Å². The summed E-state index contributed by atoms with van der Waals surface area (Å²) < 4.78 is 5.34. The molecular weight excluding hydrogens is 328 g/mol. The number of benzene rings is 2. The zero-order valence-corrected chi connectivity index (χ0v) is 15.4. The zero-order valence-electron chi connectivity index (χ0n) is 15.4. The van der Waals surface area contributed by atoms with Gasteiger partial charge in [0.15, 0.2) is 0 Å². The van der Waals surface area contributed by atoms with Crippen molar-refractivity contribution in [1.29, 1.82) is 0 Å². The van der Waals surface area contributed by atoms with Crippen molar-refractivity contribution < 1.29 is 14.3 Å². The normalized spacial score (nSPS) is 16.8. The van der Waals surface area contributed by atoms with E-state index in [-0.39, 0.29) is 24.2 Å². The van der Waals surface area contributed by atoms with Crippen molar-refractivity contribution in [3.8, 4) is 5.75 Å². The van der Waals surface area contributed by atoms with Crippen molar-refractivity contribution in [2.45, 2.75) is 26.2 Å². The quantitative estimate of drug-likeness (QED) is 0.890. The number of nitrogens with one attached hydrogen (secondary N) is 1. The highest BCUT2D eigenvalue weighted by Gasteiger charge is 2.36. The van der Waals surface area contributed by atoms with Crippen LogP contribution in [0.1, 0.15) is 31.7 Å². The Morgan fingerprint density at radius 1 is 1.19 bits per heavy atom. The number of para-hydroxylation sites is 2. The van der Waals surface area contributed by atoms with Gasteiger partial charge in [-0.3, -0.25) is 9.59 Å². The van der Waals surface area contributed by atoms with Gasteiger partial charge >= 0.3 is 0 Å². The van der Waals surface area contributed by atoms with Crippen molar-refractivity contribution in [1.82, 2.24) is 0 Å². The molecule has 1 aliphatic rings. The molecule has 5 heteroatoms. The van der Waals surface area contributed by atoms with Crippen LogP contribution in [0.2, 0.25) is 0 Å². The van der Waals surface area contributed by atoms with E-state index in [1.54, 1.807) is 12.0 Å². The summed E-state index contributed by atoms with van der Waals surface area (Å²) in [5.74, 6) is 0.449. The van der Waals surface area contributed by atoms with Gasteiger partial charge in [-0.05, 0) is 35.7 Å². The van der Waals surface area contributed by atoms with Crippen LogP contribution < -0.4 is 15.0 Å². The fourth-order valence-electron chi connectivity index (χ4n) is 3.19. The highest BCUT2D eigenvalue weighted by atomic mass is 16.5. The predicted molar refractivity (Wildman–Crippen MR) is 103 cm³/mol. The number of carbonyl (C=O) groups is 2. The van der Waals surface area contributed by atoms with Crippen LogP contribution in [-0.4, -0.2) is 25.5 Å². The summed E-state index contributed by atoms with van der Waals surface area (Å²) in [6, 6.07) is 15.2. The molecular formula is C21H24N2O3. The van der Waals surface area contributed by atoms with Crippen molar-refractivity contribution in [3.63, 3.8) is 0 Å². The average Bonchev–Trinajstić information content (AvgIpc) is 3.03. The lowest BCUT2D eigenvalue weighted by Gasteiger charge is -2.19. The Morgan fingerprint density at radius 2 is 1.96 bits per heavy atom. The minimum absolute atomic E-state index is 0.0643. The standard InChI is InChI=1S/C21H24N2O3/c1-14(2)15-7-6-8-17(11-15)22-21(25)16-12-20(24)23(13-16)18-9-4-5-10-19(18)26-3/h4-11,14,16H,12-13H2,1-3H3,(H,22,25). The molecule has 136 valence electrons. The average molecular weight is 352 g/mol. The highest BCUT2D eigenvalue weighted by molar-refractivity contribution is 6.04. The van der Waals surface area contributed by atoms with E-state index < -0.39 is 0 Å². The number of anilines is 2. The number of ether oxygens (including phenoxy) is 1. The third-order valence-corrected chi connectivity index (χ3v) is 4.69. The van der Waals surface area contributed by atoms with Gasteiger partial charge in [-0.2, -0.15) is 0 Å². The van der Waals surface area contributed by atoms with Gasteiger partial charge in [0, 0.05) is 18.7 Å². The van der Waals surface area contributed by atoms with Crippen LogP contribution >= 0.6 is 0 Å². The number of rotatable bonds is 5. The Bertz CT molecular complexity index is 816. The molecule has 1 unspecified atom stereocenters. The largest absolute Gasteiger partial charge is 0.495 e. The van der Waals surface area contributed by atoms with Crippen LogP contribution in [-0.2, 0) is 9.59 Å². The maximum absolute atomic E-state index is 12.7. The maximum atomic E-state index is 12.7. The van der Waals surface area contributed by atoms with E-state index in [2.05, 4.69) is 19.2 Å². The third kappa shape index (κ3) is 3.72. The van der Waals surface area contributed by atoms with Crippen LogP contribution in [0.5, 0.6) is 5.75 Å². The van der Waals surface area contributed by atoms with Gasteiger partial charge in [-0.25, -0.2) is 0 Å². The molecule has 0 radical (unpaired) electrons. The van der Waals surface area contributed by atoms with E-state index in [1.165, 1.54) is 5.56 Å². The molecule has 2 amide bonds. The first-order valence-electron chi connectivity index (χ1n) is 8.83. The van der Waals surface area contributed by atoms with E-state index in [0.29, 0.717) is 23.9 Å². The van der Waals surface area contributed by atoms with Crippen LogP contribution in [0.15, 0.2) is 48.5 Å². The highest BCUT2D eigenvalue weighted by Crippen LogP contribution is 2.33. The molecule has 1 N–H and O–H groups in total. The molecule has 1 aliphatic heterocycles. The molecule has 0 spiro atoms. The Morgan fingerprint density at radius 3 is 2.69 bits per heavy atom. The molecule has 0 bridgehead atoms. The second-order valence-electron chi connectivity index (χ2n) is 6.85. The van der Waals surface area contributed by atoms with Crippen LogP contribution in [0.3, 0.4) is 0 Å². The van der Waals surface area contributed by atoms with Gasteiger partial charge in [0.25, 0.3) is 0 Å². The number of hydrogen-bond acceptors (Lipinski definition) is 3. The number of amides is 2. The molecule has 2 aromatic carbocycles. The van der Waals surface area contributed by atoms with Crippen LogP contribution in [0.4, 0.5) is 11.4 Å². The Hall–Kier alpha value is -2.82.